The van der Waals surface area contributed by atoms with Crippen LogP contribution in [0.5, 0.6) is 11.5 Å². The Balaban J connectivity index is 2.24. The molecular weight excluding hydrogens is 380 g/mol. The number of hydrogen-bond donors (Lipinski definition) is 2. The largest absolute Gasteiger partial charge is 0.506 e. The third kappa shape index (κ3) is 2.73. The maximum atomic E-state index is 13.4. The number of aromatic nitrogens is 2. The minimum atomic E-state index is -0.584. The number of rotatable bonds is 5. The fraction of sp³-hybridized carbons (Fsp3) is 0.0833. The fourth-order valence-corrected chi connectivity index (χ4v) is 3.85. The van der Waals surface area contributed by atoms with Crippen molar-refractivity contribution in [1.82, 2.24) is 9.13 Å². The molecule has 0 saturated carbocycles. The van der Waals surface area contributed by atoms with Crippen LogP contribution in [0.3, 0.4) is 0 Å². The fourth-order valence-electron chi connectivity index (χ4n) is 3.85. The van der Waals surface area contributed by atoms with E-state index in [2.05, 4.69) is 13.2 Å². The van der Waals surface area contributed by atoms with E-state index in [1.165, 1.54) is 9.13 Å². The lowest BCUT2D eigenvalue weighted by molar-refractivity contribution is 0.472. The molecule has 0 aliphatic heterocycles. The van der Waals surface area contributed by atoms with Gasteiger partial charge in [0, 0.05) is 23.9 Å². The van der Waals surface area contributed by atoms with E-state index >= 15 is 0 Å². The predicted octanol–water partition coefficient (Wildman–Crippen LogP) is 3.77. The summed E-state index contributed by atoms with van der Waals surface area (Å²) in [5.41, 5.74) is -0.619. The van der Waals surface area contributed by atoms with Crippen LogP contribution in [0.15, 0.2) is 83.4 Å². The van der Waals surface area contributed by atoms with Gasteiger partial charge in [0.05, 0.1) is 22.2 Å². The maximum absolute atomic E-state index is 13.4. The van der Waals surface area contributed by atoms with E-state index in [0.29, 0.717) is 21.8 Å². The summed E-state index contributed by atoms with van der Waals surface area (Å²) in [6.07, 6.45) is 3.12. The molecular formula is C24H20N2O4. The maximum Gasteiger partial charge on any atom is 0.263 e. The first-order valence-corrected chi connectivity index (χ1v) is 9.42. The summed E-state index contributed by atoms with van der Waals surface area (Å²) in [5, 5.41) is 22.8. The number of benzene rings is 2. The van der Waals surface area contributed by atoms with Gasteiger partial charge in [-0.15, -0.1) is 13.2 Å². The molecule has 2 heterocycles. The molecule has 0 atom stereocenters. The van der Waals surface area contributed by atoms with Crippen LogP contribution in [0.1, 0.15) is 0 Å². The molecule has 2 N–H and O–H groups in total. The van der Waals surface area contributed by atoms with Gasteiger partial charge in [0.1, 0.15) is 11.5 Å². The Hall–Kier alpha value is -4.06. The van der Waals surface area contributed by atoms with E-state index < -0.39 is 11.1 Å². The van der Waals surface area contributed by atoms with Gasteiger partial charge in [-0.2, -0.15) is 0 Å². The molecule has 0 unspecified atom stereocenters. The molecule has 0 fully saturated rings. The van der Waals surface area contributed by atoms with Gasteiger partial charge in [-0.3, -0.25) is 9.59 Å². The zero-order valence-corrected chi connectivity index (χ0v) is 16.2. The van der Waals surface area contributed by atoms with Crippen molar-refractivity contribution in [3.8, 4) is 22.6 Å². The number of nitrogens with zero attached hydrogens (tertiary/aromatic N) is 2. The average molecular weight is 400 g/mol. The normalized spacial score (nSPS) is 11.1. The van der Waals surface area contributed by atoms with Gasteiger partial charge in [-0.1, -0.05) is 36.4 Å². The highest BCUT2D eigenvalue weighted by Gasteiger charge is 2.25. The second-order valence-electron chi connectivity index (χ2n) is 6.89. The highest BCUT2D eigenvalue weighted by atomic mass is 16.3. The zero-order valence-electron chi connectivity index (χ0n) is 16.2. The van der Waals surface area contributed by atoms with Crippen molar-refractivity contribution in [2.75, 3.05) is 0 Å². The molecule has 0 radical (unpaired) electrons. The summed E-state index contributed by atoms with van der Waals surface area (Å²) in [6.45, 7) is 7.75. The number of fused-ring (bicyclic) bond motifs is 2. The SMILES string of the molecule is C=CCn1c(=O)c(-c2c(O)c3ccccc3n(CC=C)c2=O)c(O)c2ccccc21. The second kappa shape index (κ2) is 7.40. The molecule has 0 aliphatic carbocycles. The molecule has 4 aromatic rings. The quantitative estimate of drug-likeness (QED) is 0.500. The van der Waals surface area contributed by atoms with Gasteiger partial charge in [0.2, 0.25) is 0 Å². The summed E-state index contributed by atoms with van der Waals surface area (Å²) < 4.78 is 2.84. The van der Waals surface area contributed by atoms with E-state index in [1.54, 1.807) is 60.7 Å². The predicted molar refractivity (Wildman–Crippen MR) is 119 cm³/mol. The highest BCUT2D eigenvalue weighted by Crippen LogP contribution is 2.38. The van der Waals surface area contributed by atoms with E-state index in [9.17, 15) is 19.8 Å². The average Bonchev–Trinajstić information content (AvgIpc) is 2.76. The molecule has 0 amide bonds. The van der Waals surface area contributed by atoms with Crippen molar-refractivity contribution >= 4 is 21.8 Å². The highest BCUT2D eigenvalue weighted by molar-refractivity contribution is 5.97. The standard InChI is InChI=1S/C24H20N2O4/c1-3-13-25-17-11-7-5-9-15(17)21(27)19(23(25)29)20-22(28)16-10-6-8-12-18(16)26(14-4-2)24(20)30/h3-12,27-28H,1-2,13-14H2. The molecule has 2 aromatic heterocycles. The molecule has 4 rings (SSSR count). The van der Waals surface area contributed by atoms with Crippen LogP contribution in [0.25, 0.3) is 32.9 Å². The lowest BCUT2D eigenvalue weighted by Crippen LogP contribution is -2.27. The van der Waals surface area contributed by atoms with Crippen molar-refractivity contribution < 1.29 is 10.2 Å². The summed E-state index contributed by atoms with van der Waals surface area (Å²) in [4.78, 5) is 26.8. The Kier molecular flexibility index (Phi) is 4.75. The Labute approximate surface area is 171 Å². The first-order chi connectivity index (χ1) is 14.5. The molecule has 0 aliphatic rings. The molecule has 6 nitrogen and oxygen atoms in total. The van der Waals surface area contributed by atoms with Crippen molar-refractivity contribution in [3.05, 3.63) is 94.5 Å². The minimum Gasteiger partial charge on any atom is -0.506 e. The Morgan fingerprint density at radius 2 is 1.07 bits per heavy atom. The van der Waals surface area contributed by atoms with Gasteiger partial charge >= 0.3 is 0 Å². The Morgan fingerprint density at radius 1 is 0.700 bits per heavy atom. The minimum absolute atomic E-state index is 0.182. The third-order valence-electron chi connectivity index (χ3n) is 5.16. The number of allylic oxidation sites excluding steroid dienone is 2. The molecule has 150 valence electrons. The van der Waals surface area contributed by atoms with Gasteiger partial charge < -0.3 is 19.3 Å². The van der Waals surface area contributed by atoms with E-state index in [1.807, 2.05) is 0 Å². The molecule has 0 saturated heterocycles. The summed E-state index contributed by atoms with van der Waals surface area (Å²) in [5.74, 6) is -0.688. The molecule has 0 bridgehead atoms. The van der Waals surface area contributed by atoms with E-state index in [4.69, 9.17) is 0 Å². The second-order valence-corrected chi connectivity index (χ2v) is 6.89. The lowest BCUT2D eigenvalue weighted by Gasteiger charge is -2.17. The zero-order chi connectivity index (χ0) is 21.4. The van der Waals surface area contributed by atoms with Gasteiger partial charge in [-0.05, 0) is 24.3 Å². The summed E-state index contributed by atoms with van der Waals surface area (Å²) in [7, 11) is 0. The van der Waals surface area contributed by atoms with Crippen molar-refractivity contribution in [3.63, 3.8) is 0 Å². The number of aromatic hydroxyl groups is 2. The van der Waals surface area contributed by atoms with Crippen LogP contribution in [0.2, 0.25) is 0 Å². The van der Waals surface area contributed by atoms with Crippen molar-refractivity contribution in [2.45, 2.75) is 13.1 Å². The van der Waals surface area contributed by atoms with Crippen LogP contribution in [-0.2, 0) is 13.1 Å². The molecule has 2 aromatic carbocycles. The Morgan fingerprint density at radius 3 is 1.43 bits per heavy atom. The summed E-state index contributed by atoms with van der Waals surface area (Å²) >= 11 is 0. The Bertz CT molecular complexity index is 1330. The number of para-hydroxylation sites is 2. The lowest BCUT2D eigenvalue weighted by atomic mass is 10.0. The van der Waals surface area contributed by atoms with Crippen LogP contribution in [0, 0.1) is 0 Å². The van der Waals surface area contributed by atoms with Crippen LogP contribution in [-0.4, -0.2) is 19.3 Å². The van der Waals surface area contributed by atoms with Gasteiger partial charge in [-0.25, -0.2) is 0 Å². The number of pyridine rings is 2. The van der Waals surface area contributed by atoms with Crippen LogP contribution < -0.4 is 11.1 Å². The third-order valence-corrected chi connectivity index (χ3v) is 5.16. The van der Waals surface area contributed by atoms with E-state index in [-0.39, 0.29) is 35.7 Å². The summed E-state index contributed by atoms with van der Waals surface area (Å²) in [6, 6.07) is 13.7. The van der Waals surface area contributed by atoms with Crippen molar-refractivity contribution in [2.24, 2.45) is 0 Å². The first kappa shape index (κ1) is 19.3. The van der Waals surface area contributed by atoms with Crippen LogP contribution in [0.4, 0.5) is 0 Å². The van der Waals surface area contributed by atoms with Crippen molar-refractivity contribution in [1.29, 1.82) is 0 Å². The molecule has 6 heteroatoms. The topological polar surface area (TPSA) is 84.5 Å². The number of hydrogen-bond acceptors (Lipinski definition) is 4. The molecule has 0 spiro atoms. The monoisotopic (exact) mass is 400 g/mol. The van der Waals surface area contributed by atoms with Gasteiger partial charge in [0.25, 0.3) is 11.1 Å². The van der Waals surface area contributed by atoms with Crippen LogP contribution >= 0.6 is 0 Å². The van der Waals surface area contributed by atoms with E-state index in [0.717, 1.165) is 0 Å². The first-order valence-electron chi connectivity index (χ1n) is 9.42. The van der Waals surface area contributed by atoms with Gasteiger partial charge in [0.15, 0.2) is 0 Å². The molecule has 30 heavy (non-hydrogen) atoms. The smallest absolute Gasteiger partial charge is 0.263 e.